The highest BCUT2D eigenvalue weighted by molar-refractivity contribution is 5.83. The van der Waals surface area contributed by atoms with Crippen LogP contribution in [0.15, 0.2) is 24.5 Å². The molecule has 0 aliphatic heterocycles. The van der Waals surface area contributed by atoms with Crippen LogP contribution >= 0.6 is 0 Å². The number of aromatic nitrogens is 1. The third kappa shape index (κ3) is 3.84. The van der Waals surface area contributed by atoms with Gasteiger partial charge in [-0.25, -0.2) is 0 Å². The quantitative estimate of drug-likeness (QED) is 0.813. The molecule has 1 saturated carbocycles. The Balaban J connectivity index is 1.95. The summed E-state index contributed by atoms with van der Waals surface area (Å²) < 4.78 is 0. The second-order valence-corrected chi connectivity index (χ2v) is 4.65. The van der Waals surface area contributed by atoms with E-state index < -0.39 is 5.97 Å². The standard InChI is InChI=1S/C13H16N2O3/c16-12(6-11-2-1-5-14-7-11)15(9-13(17)18)8-10-3-4-10/h1-2,5,7,10H,3-4,6,8-9H2,(H,17,18). The van der Waals surface area contributed by atoms with Crippen molar-refractivity contribution in [3.63, 3.8) is 0 Å². The molecular weight excluding hydrogens is 232 g/mol. The van der Waals surface area contributed by atoms with E-state index in [9.17, 15) is 9.59 Å². The number of aliphatic carboxylic acids is 1. The zero-order valence-electron chi connectivity index (χ0n) is 10.1. The normalized spacial score (nSPS) is 14.2. The van der Waals surface area contributed by atoms with Crippen molar-refractivity contribution in [2.24, 2.45) is 5.92 Å². The fraction of sp³-hybridized carbons (Fsp3) is 0.462. The lowest BCUT2D eigenvalue weighted by molar-refractivity contribution is -0.144. The van der Waals surface area contributed by atoms with Crippen LogP contribution in [0.25, 0.3) is 0 Å². The van der Waals surface area contributed by atoms with E-state index in [1.165, 1.54) is 4.90 Å². The number of nitrogens with zero attached hydrogens (tertiary/aromatic N) is 2. The van der Waals surface area contributed by atoms with Gasteiger partial charge in [-0.2, -0.15) is 0 Å². The van der Waals surface area contributed by atoms with Gasteiger partial charge in [0.15, 0.2) is 0 Å². The van der Waals surface area contributed by atoms with Crippen LogP contribution in [0, 0.1) is 5.92 Å². The fourth-order valence-corrected chi connectivity index (χ4v) is 1.82. The van der Waals surface area contributed by atoms with Gasteiger partial charge in [-0.3, -0.25) is 14.6 Å². The summed E-state index contributed by atoms with van der Waals surface area (Å²) in [6.45, 7) is 0.348. The van der Waals surface area contributed by atoms with Crippen LogP contribution in [0.1, 0.15) is 18.4 Å². The molecule has 0 unspecified atom stereocenters. The van der Waals surface area contributed by atoms with Gasteiger partial charge in [0.25, 0.3) is 0 Å². The molecule has 0 saturated heterocycles. The summed E-state index contributed by atoms with van der Waals surface area (Å²) in [5.74, 6) is -0.616. The van der Waals surface area contributed by atoms with Gasteiger partial charge in [-0.1, -0.05) is 6.07 Å². The number of hydrogen-bond acceptors (Lipinski definition) is 3. The van der Waals surface area contributed by atoms with Crippen LogP contribution in [0.4, 0.5) is 0 Å². The Morgan fingerprint density at radius 1 is 1.44 bits per heavy atom. The van der Waals surface area contributed by atoms with E-state index in [0.717, 1.165) is 18.4 Å². The Morgan fingerprint density at radius 3 is 2.78 bits per heavy atom. The molecule has 5 nitrogen and oxygen atoms in total. The molecule has 96 valence electrons. The van der Waals surface area contributed by atoms with Gasteiger partial charge in [-0.05, 0) is 30.4 Å². The summed E-state index contributed by atoms with van der Waals surface area (Å²) >= 11 is 0. The minimum atomic E-state index is -0.963. The number of hydrogen-bond donors (Lipinski definition) is 1. The molecule has 1 amide bonds. The number of rotatable bonds is 6. The van der Waals surface area contributed by atoms with Crippen LogP contribution in [-0.2, 0) is 16.0 Å². The first kappa shape index (κ1) is 12.5. The summed E-state index contributed by atoms with van der Waals surface area (Å²) in [5, 5.41) is 8.83. The van der Waals surface area contributed by atoms with Crippen molar-refractivity contribution < 1.29 is 14.7 Å². The second-order valence-electron chi connectivity index (χ2n) is 4.65. The third-order valence-electron chi connectivity index (χ3n) is 2.93. The monoisotopic (exact) mass is 248 g/mol. The smallest absolute Gasteiger partial charge is 0.323 e. The van der Waals surface area contributed by atoms with E-state index in [0.29, 0.717) is 12.5 Å². The molecule has 0 bridgehead atoms. The molecule has 1 aliphatic rings. The minimum absolute atomic E-state index is 0.141. The van der Waals surface area contributed by atoms with Crippen LogP contribution in [0.2, 0.25) is 0 Å². The number of pyridine rings is 1. The van der Waals surface area contributed by atoms with Crippen LogP contribution < -0.4 is 0 Å². The van der Waals surface area contributed by atoms with E-state index >= 15 is 0 Å². The molecule has 1 N–H and O–H groups in total. The van der Waals surface area contributed by atoms with E-state index in [2.05, 4.69) is 4.98 Å². The third-order valence-corrected chi connectivity index (χ3v) is 2.93. The number of carboxylic acids is 1. The highest BCUT2D eigenvalue weighted by Crippen LogP contribution is 2.29. The van der Waals surface area contributed by atoms with Crippen molar-refractivity contribution in [2.45, 2.75) is 19.3 Å². The molecule has 0 radical (unpaired) electrons. The Labute approximate surface area is 105 Å². The molecule has 18 heavy (non-hydrogen) atoms. The Bertz CT molecular complexity index is 429. The lowest BCUT2D eigenvalue weighted by Gasteiger charge is -2.20. The van der Waals surface area contributed by atoms with Crippen LogP contribution in [0.5, 0.6) is 0 Å². The Morgan fingerprint density at radius 2 is 2.22 bits per heavy atom. The molecule has 2 rings (SSSR count). The van der Waals surface area contributed by atoms with Gasteiger partial charge in [-0.15, -0.1) is 0 Å². The number of amides is 1. The molecule has 1 heterocycles. The molecular formula is C13H16N2O3. The van der Waals surface area contributed by atoms with Crippen molar-refractivity contribution in [1.82, 2.24) is 9.88 Å². The largest absolute Gasteiger partial charge is 0.480 e. The zero-order valence-corrected chi connectivity index (χ0v) is 10.1. The summed E-state index contributed by atoms with van der Waals surface area (Å²) in [4.78, 5) is 28.2. The first-order valence-corrected chi connectivity index (χ1v) is 6.03. The van der Waals surface area contributed by atoms with E-state index in [1.807, 2.05) is 6.07 Å². The topological polar surface area (TPSA) is 70.5 Å². The predicted molar refractivity (Wildman–Crippen MR) is 64.9 cm³/mol. The summed E-state index contributed by atoms with van der Waals surface area (Å²) in [7, 11) is 0. The van der Waals surface area contributed by atoms with E-state index in [1.54, 1.807) is 18.5 Å². The highest BCUT2D eigenvalue weighted by atomic mass is 16.4. The van der Waals surface area contributed by atoms with E-state index in [4.69, 9.17) is 5.11 Å². The molecule has 5 heteroatoms. The van der Waals surface area contributed by atoms with E-state index in [-0.39, 0.29) is 18.9 Å². The van der Waals surface area contributed by atoms with Crippen LogP contribution in [0.3, 0.4) is 0 Å². The molecule has 0 atom stereocenters. The second kappa shape index (κ2) is 5.62. The summed E-state index contributed by atoms with van der Waals surface area (Å²) in [6, 6.07) is 3.59. The Kier molecular flexibility index (Phi) is 3.92. The lowest BCUT2D eigenvalue weighted by atomic mass is 10.2. The van der Waals surface area contributed by atoms with Gasteiger partial charge in [0.1, 0.15) is 6.54 Å². The maximum atomic E-state index is 12.0. The van der Waals surface area contributed by atoms with Crippen molar-refractivity contribution in [1.29, 1.82) is 0 Å². The zero-order chi connectivity index (χ0) is 13.0. The van der Waals surface area contributed by atoms with Crippen molar-refractivity contribution in [2.75, 3.05) is 13.1 Å². The maximum Gasteiger partial charge on any atom is 0.323 e. The molecule has 0 spiro atoms. The van der Waals surface area contributed by atoms with Gasteiger partial charge < -0.3 is 10.0 Å². The lowest BCUT2D eigenvalue weighted by Crippen LogP contribution is -2.38. The molecule has 0 aromatic carbocycles. The van der Waals surface area contributed by atoms with Crippen LogP contribution in [-0.4, -0.2) is 40.0 Å². The summed E-state index contributed by atoms with van der Waals surface area (Å²) in [5.41, 5.74) is 0.814. The summed E-state index contributed by atoms with van der Waals surface area (Å²) in [6.07, 6.45) is 5.68. The minimum Gasteiger partial charge on any atom is -0.480 e. The average Bonchev–Trinajstić information content (AvgIpc) is 3.13. The van der Waals surface area contributed by atoms with Crippen molar-refractivity contribution in [3.05, 3.63) is 30.1 Å². The Hall–Kier alpha value is -1.91. The highest BCUT2D eigenvalue weighted by Gasteiger charge is 2.27. The first-order valence-electron chi connectivity index (χ1n) is 6.03. The van der Waals surface area contributed by atoms with Gasteiger partial charge in [0, 0.05) is 18.9 Å². The number of carbonyl (C=O) groups is 2. The molecule has 1 fully saturated rings. The maximum absolute atomic E-state index is 12.0. The van der Waals surface area contributed by atoms with Crippen molar-refractivity contribution in [3.8, 4) is 0 Å². The fourth-order valence-electron chi connectivity index (χ4n) is 1.82. The molecule has 1 aliphatic carbocycles. The number of carbonyl (C=O) groups excluding carboxylic acids is 1. The molecule has 1 aromatic heterocycles. The van der Waals surface area contributed by atoms with Gasteiger partial charge >= 0.3 is 5.97 Å². The SMILES string of the molecule is O=C(O)CN(CC1CC1)C(=O)Cc1cccnc1. The first-order chi connectivity index (χ1) is 8.65. The number of carboxylic acid groups (broad SMARTS) is 1. The predicted octanol–water partition coefficient (Wildman–Crippen LogP) is 0.947. The van der Waals surface area contributed by atoms with Crippen molar-refractivity contribution >= 4 is 11.9 Å². The molecule has 1 aromatic rings. The average molecular weight is 248 g/mol. The van der Waals surface area contributed by atoms with Gasteiger partial charge in [0.05, 0.1) is 6.42 Å². The van der Waals surface area contributed by atoms with Gasteiger partial charge in [0.2, 0.25) is 5.91 Å².